The predicted octanol–water partition coefficient (Wildman–Crippen LogP) is 5.09. The maximum Gasteiger partial charge on any atom is 0.233 e. The molecule has 4 aromatic rings. The summed E-state index contributed by atoms with van der Waals surface area (Å²) in [5, 5.41) is 4.25. The Morgan fingerprint density at radius 3 is 2.50 bits per heavy atom. The lowest BCUT2D eigenvalue weighted by Gasteiger charge is -2.48. The summed E-state index contributed by atoms with van der Waals surface area (Å²) in [6, 6.07) is 17.9. The highest BCUT2D eigenvalue weighted by atomic mass is 16.5. The van der Waals surface area contributed by atoms with E-state index >= 15 is 0 Å². The summed E-state index contributed by atoms with van der Waals surface area (Å²) in [7, 11) is 0. The molecule has 2 aromatic carbocycles. The largest absolute Gasteiger partial charge is 0.362 e. The summed E-state index contributed by atoms with van der Waals surface area (Å²) in [6.07, 6.45) is 6.94. The first-order chi connectivity index (χ1) is 16.6. The first-order valence-electron chi connectivity index (χ1n) is 11.9. The normalized spacial score (nSPS) is 20.3. The molecule has 0 aliphatic carbocycles. The molecule has 0 radical (unpaired) electrons. The third-order valence-corrected chi connectivity index (χ3v) is 7.49. The quantitative estimate of drug-likeness (QED) is 0.430. The van der Waals surface area contributed by atoms with E-state index in [-0.39, 0.29) is 17.4 Å². The minimum atomic E-state index is -0.363. The van der Waals surface area contributed by atoms with Gasteiger partial charge in [0.05, 0.1) is 22.6 Å². The van der Waals surface area contributed by atoms with Gasteiger partial charge in [-0.3, -0.25) is 9.78 Å². The van der Waals surface area contributed by atoms with Gasteiger partial charge in [0.15, 0.2) is 0 Å². The van der Waals surface area contributed by atoms with Crippen LogP contribution in [0.2, 0.25) is 0 Å². The van der Waals surface area contributed by atoms with Crippen molar-refractivity contribution in [1.29, 1.82) is 0 Å². The van der Waals surface area contributed by atoms with E-state index in [1.165, 1.54) is 0 Å². The molecule has 2 aromatic heterocycles. The van der Waals surface area contributed by atoms with Crippen molar-refractivity contribution in [1.82, 2.24) is 15.1 Å². The average Bonchev–Trinajstić information content (AvgIpc) is 3.37. The molecule has 0 N–H and O–H groups in total. The van der Waals surface area contributed by atoms with Gasteiger partial charge in [-0.25, -0.2) is 4.98 Å². The molecule has 7 nitrogen and oxygen atoms in total. The van der Waals surface area contributed by atoms with E-state index < -0.39 is 0 Å². The smallest absolute Gasteiger partial charge is 0.233 e. The maximum absolute atomic E-state index is 14.0. The van der Waals surface area contributed by atoms with Crippen LogP contribution in [0.1, 0.15) is 32.6 Å². The lowest BCUT2D eigenvalue weighted by molar-refractivity contribution is -0.132. The molecule has 2 fully saturated rings. The molecule has 172 valence electrons. The lowest BCUT2D eigenvalue weighted by Crippen LogP contribution is -2.56. The Balaban J connectivity index is 1.25. The fourth-order valence-corrected chi connectivity index (χ4v) is 5.45. The van der Waals surface area contributed by atoms with E-state index in [2.05, 4.69) is 22.0 Å². The van der Waals surface area contributed by atoms with E-state index in [0.29, 0.717) is 0 Å². The van der Waals surface area contributed by atoms with Gasteiger partial charge in [0.25, 0.3) is 0 Å². The number of nitrogens with zero attached hydrogens (tertiary/aromatic N) is 5. The Kier molecular flexibility index (Phi) is 5.05. The first kappa shape index (κ1) is 20.8. The number of hydrogen-bond acceptors (Lipinski definition) is 6. The Morgan fingerprint density at radius 1 is 0.971 bits per heavy atom. The molecule has 1 spiro atoms. The van der Waals surface area contributed by atoms with E-state index in [0.717, 1.165) is 72.6 Å². The number of anilines is 2. The van der Waals surface area contributed by atoms with Crippen LogP contribution in [0.3, 0.4) is 0 Å². The molecule has 34 heavy (non-hydrogen) atoms. The Morgan fingerprint density at radius 2 is 1.71 bits per heavy atom. The highest BCUT2D eigenvalue weighted by Crippen LogP contribution is 2.46. The van der Waals surface area contributed by atoms with E-state index in [9.17, 15) is 4.79 Å². The van der Waals surface area contributed by atoms with Crippen molar-refractivity contribution in [2.24, 2.45) is 5.41 Å². The number of carbonyl (C=O) groups is 1. The molecule has 2 aliphatic rings. The third kappa shape index (κ3) is 3.43. The van der Waals surface area contributed by atoms with E-state index in [4.69, 9.17) is 9.51 Å². The van der Waals surface area contributed by atoms with Crippen molar-refractivity contribution in [3.05, 3.63) is 67.1 Å². The molecule has 7 heteroatoms. The van der Waals surface area contributed by atoms with Gasteiger partial charge in [-0.15, -0.1) is 0 Å². The van der Waals surface area contributed by atoms with Gasteiger partial charge in [-0.05, 0) is 44.7 Å². The van der Waals surface area contributed by atoms with Crippen molar-refractivity contribution >= 4 is 28.4 Å². The summed E-state index contributed by atoms with van der Waals surface area (Å²) in [4.78, 5) is 27.6. The number of hydrogen-bond donors (Lipinski definition) is 0. The van der Waals surface area contributed by atoms with Gasteiger partial charge >= 0.3 is 0 Å². The third-order valence-electron chi connectivity index (χ3n) is 7.49. The number of carbonyl (C=O) groups excluding carboxylic acids is 1. The van der Waals surface area contributed by atoms with Crippen molar-refractivity contribution in [2.45, 2.75) is 38.6 Å². The molecular formula is C27H27N5O2. The fourth-order valence-electron chi connectivity index (χ4n) is 5.45. The standard InChI is InChI=1S/C27H27N5O2/c1-19-11-12-27(26(33)32(19)23-18-34-30-25(23)20-7-3-2-4-8-20)13-15-31(16-14-27)24-17-28-21-9-5-6-10-22(21)29-24/h2-10,17-19H,11-16H2,1H3. The summed E-state index contributed by atoms with van der Waals surface area (Å²) >= 11 is 0. The molecule has 1 unspecified atom stereocenters. The van der Waals surface area contributed by atoms with E-state index in [1.54, 1.807) is 6.26 Å². The SMILES string of the molecule is CC1CCC2(CCN(c3cnc4ccccc4n3)CC2)C(=O)N1c1conc1-c1ccccc1. The zero-order valence-corrected chi connectivity index (χ0v) is 19.2. The second kappa shape index (κ2) is 8.24. The van der Waals surface area contributed by atoms with Gasteiger partial charge < -0.3 is 14.3 Å². The maximum atomic E-state index is 14.0. The number of amides is 1. The average molecular weight is 454 g/mol. The van der Waals surface area contributed by atoms with Crippen molar-refractivity contribution < 1.29 is 9.32 Å². The lowest BCUT2D eigenvalue weighted by atomic mass is 9.70. The molecule has 2 aliphatic heterocycles. The van der Waals surface area contributed by atoms with Crippen molar-refractivity contribution in [2.75, 3.05) is 22.9 Å². The minimum Gasteiger partial charge on any atom is -0.362 e. The number of para-hydroxylation sites is 2. The van der Waals surface area contributed by atoms with Crippen LogP contribution in [0, 0.1) is 5.41 Å². The topological polar surface area (TPSA) is 75.4 Å². The summed E-state index contributed by atoms with van der Waals surface area (Å²) in [5.74, 6) is 1.07. The van der Waals surface area contributed by atoms with Crippen LogP contribution in [-0.2, 0) is 4.79 Å². The molecular weight excluding hydrogens is 426 g/mol. The van der Waals surface area contributed by atoms with Crippen LogP contribution < -0.4 is 9.80 Å². The number of fused-ring (bicyclic) bond motifs is 1. The van der Waals surface area contributed by atoms with E-state index in [1.807, 2.05) is 65.7 Å². The van der Waals surface area contributed by atoms with Gasteiger partial charge in [0.1, 0.15) is 23.5 Å². The zero-order valence-electron chi connectivity index (χ0n) is 19.2. The molecule has 0 saturated carbocycles. The van der Waals surface area contributed by atoms with Crippen molar-refractivity contribution in [3.63, 3.8) is 0 Å². The molecule has 2 saturated heterocycles. The Bertz CT molecular complexity index is 1330. The molecule has 0 bridgehead atoms. The van der Waals surface area contributed by atoms with Crippen molar-refractivity contribution in [3.8, 4) is 11.3 Å². The monoisotopic (exact) mass is 453 g/mol. The number of aromatic nitrogens is 3. The molecule has 4 heterocycles. The fraction of sp³-hybridized carbons (Fsp3) is 0.333. The molecule has 6 rings (SSSR count). The molecule has 1 atom stereocenters. The zero-order chi connectivity index (χ0) is 23.1. The first-order valence-corrected chi connectivity index (χ1v) is 11.9. The molecule has 1 amide bonds. The second-order valence-corrected chi connectivity index (χ2v) is 9.46. The van der Waals surface area contributed by atoms with Crippen LogP contribution in [-0.4, -0.2) is 40.2 Å². The second-order valence-electron chi connectivity index (χ2n) is 9.46. The van der Waals surface area contributed by atoms with Gasteiger partial charge in [-0.1, -0.05) is 47.6 Å². The number of benzene rings is 2. The minimum absolute atomic E-state index is 0.101. The number of rotatable bonds is 3. The summed E-state index contributed by atoms with van der Waals surface area (Å²) in [5.41, 5.74) is 3.88. The highest BCUT2D eigenvalue weighted by Gasteiger charge is 2.49. The number of piperidine rings is 2. The van der Waals surface area contributed by atoms with Crippen LogP contribution in [0.4, 0.5) is 11.5 Å². The summed E-state index contributed by atoms with van der Waals surface area (Å²) in [6.45, 7) is 3.69. The van der Waals surface area contributed by atoms with Gasteiger partial charge in [0.2, 0.25) is 5.91 Å². The van der Waals surface area contributed by atoms with Gasteiger partial charge in [0, 0.05) is 24.7 Å². The Labute approximate surface area is 198 Å². The van der Waals surface area contributed by atoms with Crippen LogP contribution >= 0.6 is 0 Å². The van der Waals surface area contributed by atoms with Crippen LogP contribution in [0.25, 0.3) is 22.3 Å². The van der Waals surface area contributed by atoms with Crippen LogP contribution in [0.5, 0.6) is 0 Å². The van der Waals surface area contributed by atoms with Gasteiger partial charge in [-0.2, -0.15) is 0 Å². The van der Waals surface area contributed by atoms with Crippen LogP contribution in [0.15, 0.2) is 71.6 Å². The predicted molar refractivity (Wildman–Crippen MR) is 132 cm³/mol. The highest BCUT2D eigenvalue weighted by molar-refractivity contribution is 6.01. The Hall–Kier alpha value is -3.74. The summed E-state index contributed by atoms with van der Waals surface area (Å²) < 4.78 is 5.37.